The normalized spacial score (nSPS) is 16.9. The summed E-state index contributed by atoms with van der Waals surface area (Å²) in [5.41, 5.74) is 1.89. The molecule has 0 atom stereocenters. The Morgan fingerprint density at radius 2 is 2.10 bits per heavy atom. The molecule has 1 aliphatic rings. The van der Waals surface area contributed by atoms with E-state index < -0.39 is 10.0 Å². The Morgan fingerprint density at radius 1 is 1.35 bits per heavy atom. The molecule has 3 heterocycles. The van der Waals surface area contributed by atoms with Crippen LogP contribution in [0.3, 0.4) is 0 Å². The highest BCUT2D eigenvalue weighted by Crippen LogP contribution is 2.31. The maximum absolute atomic E-state index is 12.5. The zero-order chi connectivity index (χ0) is 14.2. The van der Waals surface area contributed by atoms with Gasteiger partial charge in [-0.2, -0.15) is 9.40 Å². The fourth-order valence-electron chi connectivity index (χ4n) is 2.47. The van der Waals surface area contributed by atoms with Crippen LogP contribution in [0.25, 0.3) is 11.3 Å². The van der Waals surface area contributed by atoms with Crippen LogP contribution in [-0.2, 0) is 16.6 Å². The summed E-state index contributed by atoms with van der Waals surface area (Å²) in [7, 11) is -3.31. The number of thiophene rings is 1. The van der Waals surface area contributed by atoms with Crippen LogP contribution < -0.4 is 0 Å². The van der Waals surface area contributed by atoms with E-state index >= 15 is 0 Å². The molecule has 0 amide bonds. The summed E-state index contributed by atoms with van der Waals surface area (Å²) in [6, 6.07) is 3.68. The number of rotatable bonds is 4. The molecule has 2 aromatic heterocycles. The Bertz CT molecular complexity index is 697. The molecule has 0 unspecified atom stereocenters. The van der Waals surface area contributed by atoms with E-state index in [0.29, 0.717) is 17.3 Å². The molecule has 0 radical (unpaired) electrons. The van der Waals surface area contributed by atoms with Crippen LogP contribution in [0, 0.1) is 0 Å². The van der Waals surface area contributed by atoms with Crippen molar-refractivity contribution in [1.82, 2.24) is 14.1 Å². The Kier molecular flexibility index (Phi) is 3.66. The SMILES string of the molecule is CCn1nccc1-c1csc(S(=O)(=O)N2CCCC2)c1. The number of hydrogen-bond acceptors (Lipinski definition) is 4. The van der Waals surface area contributed by atoms with Crippen molar-refractivity contribution in [2.75, 3.05) is 13.1 Å². The summed E-state index contributed by atoms with van der Waals surface area (Å²) >= 11 is 1.29. The fourth-order valence-corrected chi connectivity index (χ4v) is 5.31. The van der Waals surface area contributed by atoms with Gasteiger partial charge in [-0.3, -0.25) is 4.68 Å². The molecule has 0 bridgehead atoms. The van der Waals surface area contributed by atoms with E-state index in [0.717, 1.165) is 30.6 Å². The monoisotopic (exact) mass is 311 g/mol. The highest BCUT2D eigenvalue weighted by atomic mass is 32.2. The van der Waals surface area contributed by atoms with Crippen LogP contribution >= 0.6 is 11.3 Å². The largest absolute Gasteiger partial charge is 0.265 e. The molecule has 0 aliphatic carbocycles. The maximum atomic E-state index is 12.5. The van der Waals surface area contributed by atoms with Crippen LogP contribution in [-0.4, -0.2) is 35.6 Å². The average molecular weight is 311 g/mol. The van der Waals surface area contributed by atoms with Crippen molar-refractivity contribution in [3.05, 3.63) is 23.7 Å². The van der Waals surface area contributed by atoms with Crippen molar-refractivity contribution >= 4 is 21.4 Å². The lowest BCUT2D eigenvalue weighted by Crippen LogP contribution is -2.27. The minimum Gasteiger partial charge on any atom is -0.265 e. The van der Waals surface area contributed by atoms with Gasteiger partial charge in [-0.05, 0) is 31.9 Å². The molecule has 5 nitrogen and oxygen atoms in total. The lowest BCUT2D eigenvalue weighted by molar-refractivity contribution is 0.479. The topological polar surface area (TPSA) is 55.2 Å². The van der Waals surface area contributed by atoms with E-state index in [1.807, 2.05) is 23.1 Å². The number of hydrogen-bond donors (Lipinski definition) is 0. The Morgan fingerprint density at radius 3 is 2.80 bits per heavy atom. The van der Waals surface area contributed by atoms with Crippen molar-refractivity contribution in [1.29, 1.82) is 0 Å². The standard InChI is InChI=1S/C13H17N3O2S2/c1-2-16-12(5-6-14-16)11-9-13(19-10-11)20(17,18)15-7-3-4-8-15/h5-6,9-10H,2-4,7-8H2,1H3. The van der Waals surface area contributed by atoms with Gasteiger partial charge in [0.2, 0.25) is 0 Å². The van der Waals surface area contributed by atoms with Crippen molar-refractivity contribution in [3.63, 3.8) is 0 Å². The predicted molar refractivity (Wildman–Crippen MR) is 79.2 cm³/mol. The lowest BCUT2D eigenvalue weighted by atomic mass is 10.2. The van der Waals surface area contributed by atoms with E-state index in [2.05, 4.69) is 5.10 Å². The van der Waals surface area contributed by atoms with Gasteiger partial charge < -0.3 is 0 Å². The van der Waals surface area contributed by atoms with Crippen LogP contribution in [0.15, 0.2) is 27.9 Å². The molecular formula is C13H17N3O2S2. The van der Waals surface area contributed by atoms with E-state index in [1.54, 1.807) is 16.6 Å². The number of nitrogens with zero attached hydrogens (tertiary/aromatic N) is 3. The molecule has 1 saturated heterocycles. The van der Waals surface area contributed by atoms with Crippen LogP contribution in [0.5, 0.6) is 0 Å². The Labute approximate surface area is 122 Å². The highest BCUT2D eigenvalue weighted by Gasteiger charge is 2.28. The van der Waals surface area contributed by atoms with Crippen molar-refractivity contribution in [2.45, 2.75) is 30.5 Å². The number of sulfonamides is 1. The third-order valence-corrected chi connectivity index (χ3v) is 6.86. The molecule has 3 rings (SSSR count). The first-order valence-corrected chi connectivity index (χ1v) is 9.06. The third-order valence-electron chi connectivity index (χ3n) is 3.55. The van der Waals surface area contributed by atoms with Gasteiger partial charge in [-0.25, -0.2) is 8.42 Å². The molecule has 2 aromatic rings. The molecule has 0 saturated carbocycles. The molecule has 1 aliphatic heterocycles. The van der Waals surface area contributed by atoms with E-state index in [-0.39, 0.29) is 0 Å². The second-order valence-electron chi connectivity index (χ2n) is 4.80. The first-order chi connectivity index (χ1) is 9.63. The van der Waals surface area contributed by atoms with Gasteiger partial charge in [0.1, 0.15) is 4.21 Å². The van der Waals surface area contributed by atoms with Gasteiger partial charge in [0, 0.05) is 36.8 Å². The summed E-state index contributed by atoms with van der Waals surface area (Å²) in [6.07, 6.45) is 3.66. The minimum atomic E-state index is -3.31. The lowest BCUT2D eigenvalue weighted by Gasteiger charge is -2.13. The Hall–Kier alpha value is -1.18. The van der Waals surface area contributed by atoms with Gasteiger partial charge in [-0.1, -0.05) is 0 Å². The quantitative estimate of drug-likeness (QED) is 0.871. The third kappa shape index (κ3) is 2.30. The van der Waals surface area contributed by atoms with Crippen LogP contribution in [0.1, 0.15) is 19.8 Å². The van der Waals surface area contributed by atoms with Crippen molar-refractivity contribution < 1.29 is 8.42 Å². The maximum Gasteiger partial charge on any atom is 0.252 e. The smallest absolute Gasteiger partial charge is 0.252 e. The number of aromatic nitrogens is 2. The van der Waals surface area contributed by atoms with Gasteiger partial charge in [0.05, 0.1) is 5.69 Å². The zero-order valence-electron chi connectivity index (χ0n) is 11.3. The molecular weight excluding hydrogens is 294 g/mol. The summed E-state index contributed by atoms with van der Waals surface area (Å²) < 4.78 is 28.9. The molecule has 0 aromatic carbocycles. The second kappa shape index (κ2) is 5.31. The van der Waals surface area contributed by atoms with Gasteiger partial charge >= 0.3 is 0 Å². The molecule has 108 valence electrons. The van der Waals surface area contributed by atoms with Crippen LogP contribution in [0.2, 0.25) is 0 Å². The zero-order valence-corrected chi connectivity index (χ0v) is 13.0. The average Bonchev–Trinajstić information content (AvgIpc) is 3.18. The first kappa shape index (κ1) is 13.8. The molecule has 0 spiro atoms. The van der Waals surface area contributed by atoms with Crippen molar-refractivity contribution in [2.24, 2.45) is 0 Å². The second-order valence-corrected chi connectivity index (χ2v) is 7.87. The minimum absolute atomic E-state index is 0.429. The summed E-state index contributed by atoms with van der Waals surface area (Å²) in [4.78, 5) is 0. The first-order valence-electron chi connectivity index (χ1n) is 6.74. The van der Waals surface area contributed by atoms with Crippen molar-refractivity contribution in [3.8, 4) is 11.3 Å². The molecule has 1 fully saturated rings. The summed E-state index contributed by atoms with van der Waals surface area (Å²) in [6.45, 7) is 4.07. The Balaban J connectivity index is 1.94. The van der Waals surface area contributed by atoms with E-state index in [9.17, 15) is 8.42 Å². The summed E-state index contributed by atoms with van der Waals surface area (Å²) in [5.74, 6) is 0. The van der Waals surface area contributed by atoms with Gasteiger partial charge in [-0.15, -0.1) is 11.3 Å². The molecule has 7 heteroatoms. The van der Waals surface area contributed by atoms with Gasteiger partial charge in [0.25, 0.3) is 10.0 Å². The highest BCUT2D eigenvalue weighted by molar-refractivity contribution is 7.91. The molecule has 20 heavy (non-hydrogen) atoms. The van der Waals surface area contributed by atoms with E-state index in [1.165, 1.54) is 11.3 Å². The van der Waals surface area contributed by atoms with E-state index in [4.69, 9.17) is 0 Å². The summed E-state index contributed by atoms with van der Waals surface area (Å²) in [5, 5.41) is 6.12. The molecule has 0 N–H and O–H groups in total. The predicted octanol–water partition coefficient (Wildman–Crippen LogP) is 2.42. The number of aryl methyl sites for hydroxylation is 1. The van der Waals surface area contributed by atoms with Gasteiger partial charge in [0.15, 0.2) is 0 Å². The van der Waals surface area contributed by atoms with Crippen LogP contribution in [0.4, 0.5) is 0 Å². The fraction of sp³-hybridized carbons (Fsp3) is 0.462.